The minimum atomic E-state index is 0.124. The summed E-state index contributed by atoms with van der Waals surface area (Å²) >= 11 is 0. The van der Waals surface area contributed by atoms with Gasteiger partial charge in [-0.3, -0.25) is 4.99 Å². The molecule has 1 aliphatic rings. The van der Waals surface area contributed by atoms with Crippen LogP contribution in [0.15, 0.2) is 39.8 Å². The quantitative estimate of drug-likeness (QED) is 0.505. The SMILES string of the molecule is CCC(CC)c1cc(CNC(=NC)NCC2(c3ccccc3OC)CC2)on1. The lowest BCUT2D eigenvalue weighted by molar-refractivity contribution is 0.368. The second-order valence-electron chi connectivity index (χ2n) is 7.49. The number of guanidine groups is 1. The van der Waals surface area contributed by atoms with Gasteiger partial charge in [-0.1, -0.05) is 37.2 Å². The fourth-order valence-corrected chi connectivity index (χ4v) is 3.73. The van der Waals surface area contributed by atoms with Gasteiger partial charge >= 0.3 is 0 Å². The molecular formula is C22H32N4O2. The smallest absolute Gasteiger partial charge is 0.191 e. The van der Waals surface area contributed by atoms with Crippen LogP contribution in [-0.4, -0.2) is 31.8 Å². The highest BCUT2D eigenvalue weighted by Gasteiger charge is 2.46. The van der Waals surface area contributed by atoms with Crippen molar-refractivity contribution < 1.29 is 9.26 Å². The third-order valence-electron chi connectivity index (χ3n) is 5.76. The van der Waals surface area contributed by atoms with E-state index in [1.54, 1.807) is 14.2 Å². The summed E-state index contributed by atoms with van der Waals surface area (Å²) in [5.74, 6) is 3.02. The van der Waals surface area contributed by atoms with E-state index in [1.165, 1.54) is 5.56 Å². The normalized spacial score (nSPS) is 15.5. The summed E-state index contributed by atoms with van der Waals surface area (Å²) in [7, 11) is 3.52. The molecular weight excluding hydrogens is 352 g/mol. The molecule has 0 atom stereocenters. The molecule has 2 N–H and O–H groups in total. The number of hydrogen-bond donors (Lipinski definition) is 2. The molecule has 1 saturated carbocycles. The van der Waals surface area contributed by atoms with Crippen molar-refractivity contribution in [1.82, 2.24) is 15.8 Å². The Balaban J connectivity index is 1.56. The Morgan fingerprint density at radius 1 is 1.25 bits per heavy atom. The second kappa shape index (κ2) is 9.13. The van der Waals surface area contributed by atoms with Crippen LogP contribution in [0.25, 0.3) is 0 Å². The Kier molecular flexibility index (Phi) is 6.60. The van der Waals surface area contributed by atoms with Crippen molar-refractivity contribution in [1.29, 1.82) is 0 Å². The minimum absolute atomic E-state index is 0.124. The van der Waals surface area contributed by atoms with Gasteiger partial charge in [-0.05, 0) is 31.7 Å². The first-order chi connectivity index (χ1) is 13.7. The first-order valence-electron chi connectivity index (χ1n) is 10.2. The topological polar surface area (TPSA) is 71.7 Å². The van der Waals surface area contributed by atoms with Crippen LogP contribution in [0.5, 0.6) is 5.75 Å². The van der Waals surface area contributed by atoms with Crippen molar-refractivity contribution in [3.05, 3.63) is 47.3 Å². The molecule has 0 radical (unpaired) electrons. The Morgan fingerprint density at radius 3 is 2.64 bits per heavy atom. The number of ether oxygens (including phenoxy) is 1. The molecule has 0 unspecified atom stereocenters. The van der Waals surface area contributed by atoms with E-state index in [-0.39, 0.29) is 5.41 Å². The molecule has 1 fully saturated rings. The van der Waals surface area contributed by atoms with E-state index in [2.05, 4.69) is 52.8 Å². The van der Waals surface area contributed by atoms with Crippen LogP contribution in [0.4, 0.5) is 0 Å². The van der Waals surface area contributed by atoms with Gasteiger partial charge < -0.3 is 19.9 Å². The standard InChI is InChI=1S/C22H32N4O2/c1-5-16(6-2)19-13-17(28-26-19)14-24-21(23-3)25-15-22(11-12-22)18-9-7-8-10-20(18)27-4/h7-10,13,16H,5-6,11-12,14-15H2,1-4H3,(H2,23,24,25). The van der Waals surface area contributed by atoms with Gasteiger partial charge in [0, 0.05) is 36.6 Å². The summed E-state index contributed by atoms with van der Waals surface area (Å²) in [6.45, 7) is 5.75. The maximum Gasteiger partial charge on any atom is 0.191 e. The van der Waals surface area contributed by atoms with Gasteiger partial charge in [-0.2, -0.15) is 0 Å². The summed E-state index contributed by atoms with van der Waals surface area (Å²) in [5, 5.41) is 11.0. The molecule has 2 aromatic rings. The summed E-state index contributed by atoms with van der Waals surface area (Å²) in [5.41, 5.74) is 2.43. The van der Waals surface area contributed by atoms with Crippen LogP contribution in [0, 0.1) is 0 Å². The summed E-state index contributed by atoms with van der Waals surface area (Å²) in [4.78, 5) is 4.35. The Labute approximate surface area is 167 Å². The van der Waals surface area contributed by atoms with E-state index in [0.29, 0.717) is 12.5 Å². The van der Waals surface area contributed by atoms with Crippen LogP contribution >= 0.6 is 0 Å². The van der Waals surface area contributed by atoms with Crippen LogP contribution in [0.1, 0.15) is 62.5 Å². The van der Waals surface area contributed by atoms with Gasteiger partial charge in [0.25, 0.3) is 0 Å². The fraction of sp³-hybridized carbons (Fsp3) is 0.545. The van der Waals surface area contributed by atoms with Gasteiger partial charge in [0.1, 0.15) is 5.75 Å². The summed E-state index contributed by atoms with van der Waals surface area (Å²) < 4.78 is 11.0. The molecule has 1 heterocycles. The molecule has 1 aromatic heterocycles. The highest BCUT2D eigenvalue weighted by molar-refractivity contribution is 5.79. The molecule has 0 bridgehead atoms. The van der Waals surface area contributed by atoms with Gasteiger partial charge in [0.05, 0.1) is 19.3 Å². The van der Waals surface area contributed by atoms with E-state index in [0.717, 1.165) is 55.4 Å². The van der Waals surface area contributed by atoms with Gasteiger partial charge in [-0.15, -0.1) is 0 Å². The molecule has 28 heavy (non-hydrogen) atoms. The lowest BCUT2D eigenvalue weighted by Gasteiger charge is -2.20. The highest BCUT2D eigenvalue weighted by Crippen LogP contribution is 2.50. The van der Waals surface area contributed by atoms with E-state index < -0.39 is 0 Å². The lowest BCUT2D eigenvalue weighted by Crippen LogP contribution is -2.40. The zero-order valence-corrected chi connectivity index (χ0v) is 17.4. The fourth-order valence-electron chi connectivity index (χ4n) is 3.73. The molecule has 0 spiro atoms. The zero-order chi connectivity index (χ0) is 20.0. The monoisotopic (exact) mass is 384 g/mol. The van der Waals surface area contributed by atoms with Crippen LogP contribution in [0.3, 0.4) is 0 Å². The number of aliphatic imine (C=N–C) groups is 1. The molecule has 0 saturated heterocycles. The summed E-state index contributed by atoms with van der Waals surface area (Å²) in [6.07, 6.45) is 4.45. The molecule has 1 aliphatic carbocycles. The van der Waals surface area contributed by atoms with Crippen molar-refractivity contribution in [3.8, 4) is 5.75 Å². The average molecular weight is 385 g/mol. The average Bonchev–Trinajstić information content (AvgIpc) is 3.39. The number of aromatic nitrogens is 1. The van der Waals surface area contributed by atoms with E-state index >= 15 is 0 Å². The molecule has 152 valence electrons. The predicted molar refractivity (Wildman–Crippen MR) is 112 cm³/mol. The number of methoxy groups -OCH3 is 1. The maximum atomic E-state index is 5.56. The second-order valence-corrected chi connectivity index (χ2v) is 7.49. The molecule has 1 aromatic carbocycles. The maximum absolute atomic E-state index is 5.56. The zero-order valence-electron chi connectivity index (χ0n) is 17.4. The predicted octanol–water partition coefficient (Wildman–Crippen LogP) is 3.98. The number of hydrogen-bond acceptors (Lipinski definition) is 4. The molecule has 3 rings (SSSR count). The minimum Gasteiger partial charge on any atom is -0.496 e. The van der Waals surface area contributed by atoms with Crippen LogP contribution in [-0.2, 0) is 12.0 Å². The van der Waals surface area contributed by atoms with Crippen LogP contribution < -0.4 is 15.4 Å². The van der Waals surface area contributed by atoms with Crippen LogP contribution in [0.2, 0.25) is 0 Å². The van der Waals surface area contributed by atoms with E-state index in [1.807, 2.05) is 12.1 Å². The van der Waals surface area contributed by atoms with Gasteiger partial charge in [0.2, 0.25) is 0 Å². The number of nitrogens with one attached hydrogen (secondary N) is 2. The first kappa shape index (κ1) is 20.2. The Morgan fingerprint density at radius 2 is 2.00 bits per heavy atom. The van der Waals surface area contributed by atoms with E-state index in [9.17, 15) is 0 Å². The van der Waals surface area contributed by atoms with Gasteiger partial charge in [-0.25, -0.2) is 0 Å². The van der Waals surface area contributed by atoms with Crippen molar-refractivity contribution in [2.45, 2.75) is 57.4 Å². The lowest BCUT2D eigenvalue weighted by atomic mass is 9.95. The molecule has 0 aliphatic heterocycles. The first-order valence-corrected chi connectivity index (χ1v) is 10.2. The van der Waals surface area contributed by atoms with Crippen molar-refractivity contribution >= 4 is 5.96 Å². The number of benzene rings is 1. The van der Waals surface area contributed by atoms with Crippen molar-refractivity contribution in [3.63, 3.8) is 0 Å². The number of para-hydroxylation sites is 1. The third kappa shape index (κ3) is 4.49. The number of nitrogens with zero attached hydrogens (tertiary/aromatic N) is 2. The molecule has 0 amide bonds. The van der Waals surface area contributed by atoms with Gasteiger partial charge in [0.15, 0.2) is 11.7 Å². The third-order valence-corrected chi connectivity index (χ3v) is 5.76. The molecule has 6 nitrogen and oxygen atoms in total. The largest absolute Gasteiger partial charge is 0.496 e. The molecule has 6 heteroatoms. The van der Waals surface area contributed by atoms with E-state index in [4.69, 9.17) is 9.26 Å². The van der Waals surface area contributed by atoms with Crippen molar-refractivity contribution in [2.75, 3.05) is 20.7 Å². The van der Waals surface area contributed by atoms with Crippen molar-refractivity contribution in [2.24, 2.45) is 4.99 Å². The Hall–Kier alpha value is -2.50. The number of rotatable bonds is 9. The summed E-state index contributed by atoms with van der Waals surface area (Å²) in [6, 6.07) is 10.3. The Bertz CT molecular complexity index is 791. The highest BCUT2D eigenvalue weighted by atomic mass is 16.5.